The van der Waals surface area contributed by atoms with Crippen LogP contribution in [0.15, 0.2) is 42.5 Å². The first kappa shape index (κ1) is 18.1. The average molecular weight is 398 g/mol. The van der Waals surface area contributed by atoms with Crippen molar-refractivity contribution in [3.05, 3.63) is 75.4 Å². The Bertz CT molecular complexity index is 1040. The number of aryl methyl sites for hydroxylation is 3. The van der Waals surface area contributed by atoms with Gasteiger partial charge in [0.15, 0.2) is 0 Å². The predicted octanol–water partition coefficient (Wildman–Crippen LogP) is 5.23. The first-order chi connectivity index (χ1) is 13.0. The Morgan fingerprint density at radius 1 is 1.15 bits per heavy atom. The number of nitrogens with zero attached hydrogens (tertiary/aromatic N) is 2. The van der Waals surface area contributed by atoms with E-state index in [2.05, 4.69) is 24.4 Å². The van der Waals surface area contributed by atoms with E-state index in [4.69, 9.17) is 16.7 Å². The van der Waals surface area contributed by atoms with Crippen molar-refractivity contribution >= 4 is 35.1 Å². The van der Waals surface area contributed by atoms with E-state index in [1.165, 1.54) is 11.1 Å². The number of aromatic nitrogens is 2. The molecule has 0 spiro atoms. The summed E-state index contributed by atoms with van der Waals surface area (Å²) in [6.07, 6.45) is 0. The van der Waals surface area contributed by atoms with Gasteiger partial charge in [0.25, 0.3) is 0 Å². The SMILES string of the molecule is Cc1ccc(-n2nc(C)c3c2NC(=O)CSC3c2ccccc2C)cc1Cl. The molecular weight excluding hydrogens is 378 g/mol. The molecule has 0 fully saturated rings. The third-order valence-electron chi connectivity index (χ3n) is 4.88. The quantitative estimate of drug-likeness (QED) is 0.644. The van der Waals surface area contributed by atoms with Gasteiger partial charge in [-0.2, -0.15) is 5.10 Å². The predicted molar refractivity (Wildman–Crippen MR) is 112 cm³/mol. The van der Waals surface area contributed by atoms with Gasteiger partial charge in [-0.15, -0.1) is 11.8 Å². The van der Waals surface area contributed by atoms with Crippen LogP contribution in [0.2, 0.25) is 5.02 Å². The van der Waals surface area contributed by atoms with E-state index in [-0.39, 0.29) is 11.2 Å². The number of halogens is 1. The van der Waals surface area contributed by atoms with Gasteiger partial charge in [-0.05, 0) is 49.6 Å². The van der Waals surface area contributed by atoms with Crippen LogP contribution in [0.3, 0.4) is 0 Å². The monoisotopic (exact) mass is 397 g/mol. The van der Waals surface area contributed by atoms with Crippen LogP contribution in [0, 0.1) is 20.8 Å². The molecule has 4 rings (SSSR count). The third-order valence-corrected chi connectivity index (χ3v) is 6.54. The molecule has 0 bridgehead atoms. The topological polar surface area (TPSA) is 46.9 Å². The third kappa shape index (κ3) is 3.26. The molecule has 1 N–H and O–H groups in total. The molecule has 1 amide bonds. The van der Waals surface area contributed by atoms with Crippen LogP contribution in [0.1, 0.15) is 33.2 Å². The summed E-state index contributed by atoms with van der Waals surface area (Å²) in [5, 5.41) is 8.54. The fraction of sp³-hybridized carbons (Fsp3) is 0.238. The van der Waals surface area contributed by atoms with E-state index in [9.17, 15) is 4.79 Å². The van der Waals surface area contributed by atoms with Crippen LogP contribution in [-0.4, -0.2) is 21.4 Å². The molecule has 3 aromatic rings. The standard InChI is InChI=1S/C21H20ClN3OS/c1-12-6-4-5-7-16(12)20-19-14(3)24-25(21(19)23-18(26)11-27-20)15-9-8-13(2)17(22)10-15/h4-10,20H,11H2,1-3H3,(H,23,26). The molecule has 2 aromatic carbocycles. The molecular formula is C21H20ClN3OS. The van der Waals surface area contributed by atoms with Gasteiger partial charge in [0.2, 0.25) is 5.91 Å². The second-order valence-electron chi connectivity index (χ2n) is 6.79. The largest absolute Gasteiger partial charge is 0.310 e. The molecule has 27 heavy (non-hydrogen) atoms. The summed E-state index contributed by atoms with van der Waals surface area (Å²) in [5.41, 5.74) is 6.23. The number of carbonyl (C=O) groups is 1. The maximum absolute atomic E-state index is 12.4. The lowest BCUT2D eigenvalue weighted by Gasteiger charge is -2.17. The summed E-state index contributed by atoms with van der Waals surface area (Å²) in [4.78, 5) is 12.4. The van der Waals surface area contributed by atoms with E-state index in [0.29, 0.717) is 10.8 Å². The van der Waals surface area contributed by atoms with Crippen LogP contribution >= 0.6 is 23.4 Å². The van der Waals surface area contributed by atoms with E-state index < -0.39 is 0 Å². The highest BCUT2D eigenvalue weighted by molar-refractivity contribution is 8.00. The second-order valence-corrected chi connectivity index (χ2v) is 8.29. The molecule has 1 aliphatic rings. The zero-order chi connectivity index (χ0) is 19.1. The summed E-state index contributed by atoms with van der Waals surface area (Å²) < 4.78 is 1.80. The molecule has 1 unspecified atom stereocenters. The number of hydrogen-bond acceptors (Lipinski definition) is 3. The number of carbonyl (C=O) groups excluding carboxylic acids is 1. The number of nitrogens with one attached hydrogen (secondary N) is 1. The highest BCUT2D eigenvalue weighted by Gasteiger charge is 2.31. The van der Waals surface area contributed by atoms with Crippen molar-refractivity contribution in [1.82, 2.24) is 9.78 Å². The Morgan fingerprint density at radius 3 is 2.67 bits per heavy atom. The average Bonchev–Trinajstić information content (AvgIpc) is 2.84. The minimum atomic E-state index is -0.0170. The maximum atomic E-state index is 12.4. The zero-order valence-corrected chi connectivity index (χ0v) is 17.0. The number of anilines is 1. The van der Waals surface area contributed by atoms with Crippen molar-refractivity contribution in [3.63, 3.8) is 0 Å². The van der Waals surface area contributed by atoms with Crippen molar-refractivity contribution in [2.75, 3.05) is 11.1 Å². The maximum Gasteiger partial charge on any atom is 0.235 e. The van der Waals surface area contributed by atoms with Crippen molar-refractivity contribution in [3.8, 4) is 5.69 Å². The number of hydrogen-bond donors (Lipinski definition) is 1. The summed E-state index contributed by atoms with van der Waals surface area (Å²) >= 11 is 7.97. The second kappa shape index (κ2) is 7.06. The van der Waals surface area contributed by atoms with E-state index in [0.717, 1.165) is 28.3 Å². The van der Waals surface area contributed by atoms with Crippen LogP contribution in [0.25, 0.3) is 5.69 Å². The molecule has 6 heteroatoms. The lowest BCUT2D eigenvalue weighted by atomic mass is 10.00. The van der Waals surface area contributed by atoms with Crippen LogP contribution in [0.5, 0.6) is 0 Å². The summed E-state index contributed by atoms with van der Waals surface area (Å²) in [7, 11) is 0. The van der Waals surface area contributed by atoms with Gasteiger partial charge in [0.1, 0.15) is 5.82 Å². The first-order valence-electron chi connectivity index (χ1n) is 8.78. The Morgan fingerprint density at radius 2 is 1.93 bits per heavy atom. The molecule has 1 atom stereocenters. The summed E-state index contributed by atoms with van der Waals surface area (Å²) in [6, 6.07) is 14.1. The molecule has 2 heterocycles. The molecule has 0 aliphatic carbocycles. The lowest BCUT2D eigenvalue weighted by molar-refractivity contribution is -0.113. The number of rotatable bonds is 2. The number of fused-ring (bicyclic) bond motifs is 1. The van der Waals surface area contributed by atoms with E-state index in [1.54, 1.807) is 16.4 Å². The van der Waals surface area contributed by atoms with Gasteiger partial charge >= 0.3 is 0 Å². The minimum Gasteiger partial charge on any atom is -0.310 e. The molecule has 4 nitrogen and oxygen atoms in total. The molecule has 0 saturated carbocycles. The molecule has 1 aliphatic heterocycles. The van der Waals surface area contributed by atoms with E-state index >= 15 is 0 Å². The van der Waals surface area contributed by atoms with Crippen molar-refractivity contribution in [2.24, 2.45) is 0 Å². The molecule has 0 radical (unpaired) electrons. The smallest absolute Gasteiger partial charge is 0.235 e. The fourth-order valence-electron chi connectivity index (χ4n) is 3.41. The molecule has 0 saturated heterocycles. The van der Waals surface area contributed by atoms with Crippen LogP contribution in [0.4, 0.5) is 5.82 Å². The molecule has 1 aromatic heterocycles. The Balaban J connectivity index is 1.92. The Labute approximate surface area is 167 Å². The van der Waals surface area contributed by atoms with Gasteiger partial charge in [0, 0.05) is 10.6 Å². The lowest BCUT2D eigenvalue weighted by Crippen LogP contribution is -2.15. The summed E-state index contributed by atoms with van der Waals surface area (Å²) in [6.45, 7) is 6.07. The highest BCUT2D eigenvalue weighted by Crippen LogP contribution is 2.44. The van der Waals surface area contributed by atoms with Gasteiger partial charge in [-0.1, -0.05) is 41.9 Å². The number of benzene rings is 2. The van der Waals surface area contributed by atoms with Crippen LogP contribution in [-0.2, 0) is 4.79 Å². The number of thioether (sulfide) groups is 1. The Kier molecular flexibility index (Phi) is 4.74. The van der Waals surface area contributed by atoms with Gasteiger partial charge < -0.3 is 5.32 Å². The Hall–Kier alpha value is -2.24. The highest BCUT2D eigenvalue weighted by atomic mass is 35.5. The first-order valence-corrected chi connectivity index (χ1v) is 10.2. The van der Waals surface area contributed by atoms with Crippen LogP contribution < -0.4 is 5.32 Å². The fourth-order valence-corrected chi connectivity index (χ4v) is 4.87. The van der Waals surface area contributed by atoms with Crippen molar-refractivity contribution in [2.45, 2.75) is 26.0 Å². The van der Waals surface area contributed by atoms with E-state index in [1.807, 2.05) is 44.2 Å². The number of amides is 1. The van der Waals surface area contributed by atoms with Gasteiger partial charge in [-0.3, -0.25) is 4.79 Å². The van der Waals surface area contributed by atoms with Gasteiger partial charge in [-0.25, -0.2) is 4.68 Å². The van der Waals surface area contributed by atoms with Crippen molar-refractivity contribution in [1.29, 1.82) is 0 Å². The zero-order valence-electron chi connectivity index (χ0n) is 15.4. The summed E-state index contributed by atoms with van der Waals surface area (Å²) in [5.74, 6) is 1.12. The molecule has 138 valence electrons. The van der Waals surface area contributed by atoms with Crippen molar-refractivity contribution < 1.29 is 4.79 Å². The van der Waals surface area contributed by atoms with Gasteiger partial charge in [0.05, 0.1) is 22.4 Å². The normalized spacial score (nSPS) is 16.6. The minimum absolute atomic E-state index is 0.0170.